The minimum Gasteiger partial charge on any atom is -0.308 e. The third-order valence-electron chi connectivity index (χ3n) is 1.28. The summed E-state index contributed by atoms with van der Waals surface area (Å²) in [6.07, 6.45) is 0. The lowest BCUT2D eigenvalue weighted by Gasteiger charge is -2.10. The number of hydrogen-bond donors (Lipinski definition) is 3. The summed E-state index contributed by atoms with van der Waals surface area (Å²) in [6.45, 7) is 0. The first-order valence-electron chi connectivity index (χ1n) is 3.28. The van der Waals surface area contributed by atoms with Gasteiger partial charge in [-0.25, -0.2) is 4.57 Å². The van der Waals surface area contributed by atoms with Gasteiger partial charge in [-0.05, 0) is 12.1 Å². The Morgan fingerprint density at radius 2 is 1.57 bits per heavy atom. The maximum Gasteiger partial charge on any atom is 0.427 e. The van der Waals surface area contributed by atoms with Crippen molar-refractivity contribution in [2.24, 2.45) is 0 Å². The Bertz CT molecular complexity index is 406. The first-order valence-corrected chi connectivity index (χ1v) is 6.02. The van der Waals surface area contributed by atoms with Crippen molar-refractivity contribution in [3.63, 3.8) is 0 Å². The Kier molecular flexibility index (Phi) is 3.69. The molecule has 14 heavy (non-hydrogen) atoms. The van der Waals surface area contributed by atoms with Crippen LogP contribution in [0.25, 0.3) is 0 Å². The van der Waals surface area contributed by atoms with Gasteiger partial charge in [0.25, 0.3) is 0 Å². The van der Waals surface area contributed by atoms with Gasteiger partial charge in [0.15, 0.2) is 0 Å². The zero-order valence-corrected chi connectivity index (χ0v) is 9.70. The van der Waals surface area contributed by atoms with Crippen molar-refractivity contribution in [2.45, 2.75) is 0 Å². The molecule has 0 aliphatic heterocycles. The van der Waals surface area contributed by atoms with E-state index in [1.807, 2.05) is 5.09 Å². The second kappa shape index (κ2) is 4.27. The second-order valence-electron chi connectivity index (χ2n) is 2.40. The minimum atomic E-state index is -4.39. The normalized spacial score (nSPS) is 11.5. The smallest absolute Gasteiger partial charge is 0.308 e. The average Bonchev–Trinajstić information content (AvgIpc) is 1.97. The van der Waals surface area contributed by atoms with Crippen molar-refractivity contribution < 1.29 is 14.4 Å². The molecule has 0 aliphatic carbocycles. The molecule has 0 amide bonds. The lowest BCUT2D eigenvalue weighted by Crippen LogP contribution is -1.95. The molecule has 0 unspecified atom stereocenters. The van der Waals surface area contributed by atoms with Crippen LogP contribution in [0.2, 0.25) is 15.1 Å². The molecule has 0 atom stereocenters. The number of hydrogen-bond acceptors (Lipinski definition) is 1. The minimum absolute atomic E-state index is 0.0365. The fourth-order valence-electron chi connectivity index (χ4n) is 0.765. The number of nitrogens with one attached hydrogen (secondary N) is 1. The van der Waals surface area contributed by atoms with E-state index in [1.54, 1.807) is 0 Å². The van der Waals surface area contributed by atoms with Gasteiger partial charge in [0.2, 0.25) is 0 Å². The summed E-state index contributed by atoms with van der Waals surface area (Å²) in [5.74, 6) is 0. The molecular weight excluding hydrogens is 271 g/mol. The van der Waals surface area contributed by atoms with Crippen molar-refractivity contribution in [1.29, 1.82) is 0 Å². The van der Waals surface area contributed by atoms with E-state index < -0.39 is 7.75 Å². The van der Waals surface area contributed by atoms with E-state index in [0.717, 1.165) is 0 Å². The largest absolute Gasteiger partial charge is 0.427 e. The van der Waals surface area contributed by atoms with Crippen LogP contribution in [-0.4, -0.2) is 9.79 Å². The molecule has 0 bridgehead atoms. The van der Waals surface area contributed by atoms with E-state index in [1.165, 1.54) is 12.1 Å². The fourth-order valence-corrected chi connectivity index (χ4v) is 1.92. The lowest BCUT2D eigenvalue weighted by molar-refractivity contribution is 0.380. The summed E-state index contributed by atoms with van der Waals surface area (Å²) in [6, 6.07) is 2.54. The summed E-state index contributed by atoms with van der Waals surface area (Å²) in [5.41, 5.74) is 0.0365. The van der Waals surface area contributed by atoms with Crippen LogP contribution in [0.1, 0.15) is 0 Å². The van der Waals surface area contributed by atoms with Crippen LogP contribution in [0.15, 0.2) is 12.1 Å². The van der Waals surface area contributed by atoms with E-state index in [-0.39, 0.29) is 20.8 Å². The van der Waals surface area contributed by atoms with Crippen LogP contribution < -0.4 is 5.09 Å². The van der Waals surface area contributed by atoms with Crippen LogP contribution in [0.5, 0.6) is 0 Å². The molecular formula is C6H5Cl3NO3P. The molecule has 8 heteroatoms. The SMILES string of the molecule is O=P(O)(O)Nc1cc(Cl)c(Cl)cc1Cl. The van der Waals surface area contributed by atoms with Crippen molar-refractivity contribution >= 4 is 48.2 Å². The number of anilines is 1. The zero-order chi connectivity index (χ0) is 10.9. The highest BCUT2D eigenvalue weighted by atomic mass is 35.5. The number of halogens is 3. The van der Waals surface area contributed by atoms with Gasteiger partial charge in [-0.3, -0.25) is 5.09 Å². The first kappa shape index (κ1) is 12.1. The van der Waals surface area contributed by atoms with E-state index >= 15 is 0 Å². The molecule has 1 aromatic rings. The van der Waals surface area contributed by atoms with Crippen molar-refractivity contribution in [1.82, 2.24) is 0 Å². The Balaban J connectivity index is 3.11. The van der Waals surface area contributed by atoms with Gasteiger partial charge in [-0.1, -0.05) is 34.8 Å². The molecule has 0 spiro atoms. The van der Waals surface area contributed by atoms with Crippen molar-refractivity contribution in [3.8, 4) is 0 Å². The Labute approximate surface area is 95.0 Å². The molecule has 1 aromatic carbocycles. The molecule has 1 rings (SSSR count). The topological polar surface area (TPSA) is 69.6 Å². The molecule has 0 fully saturated rings. The maximum absolute atomic E-state index is 10.6. The molecule has 78 valence electrons. The Hall–Kier alpha value is 0.0400. The highest BCUT2D eigenvalue weighted by molar-refractivity contribution is 7.53. The van der Waals surface area contributed by atoms with Gasteiger partial charge in [0, 0.05) is 0 Å². The third kappa shape index (κ3) is 3.31. The summed E-state index contributed by atoms with van der Waals surface area (Å²) in [7, 11) is -4.39. The highest BCUT2D eigenvalue weighted by Crippen LogP contribution is 2.40. The van der Waals surface area contributed by atoms with Gasteiger partial charge in [-0.2, -0.15) is 0 Å². The predicted molar refractivity (Wildman–Crippen MR) is 57.1 cm³/mol. The molecule has 4 nitrogen and oxygen atoms in total. The summed E-state index contributed by atoms with van der Waals surface area (Å²) >= 11 is 16.9. The quantitative estimate of drug-likeness (QED) is 0.573. The molecule has 3 N–H and O–H groups in total. The van der Waals surface area contributed by atoms with Crippen LogP contribution in [0, 0.1) is 0 Å². The van der Waals surface area contributed by atoms with Gasteiger partial charge in [0.1, 0.15) is 0 Å². The highest BCUT2D eigenvalue weighted by Gasteiger charge is 2.15. The van der Waals surface area contributed by atoms with Gasteiger partial charge >= 0.3 is 7.75 Å². The molecule has 0 saturated heterocycles. The van der Waals surface area contributed by atoms with Crippen LogP contribution in [-0.2, 0) is 4.57 Å². The molecule has 0 radical (unpaired) electrons. The predicted octanol–water partition coefficient (Wildman–Crippen LogP) is 3.15. The first-order chi connectivity index (χ1) is 6.29. The molecule has 0 aromatic heterocycles. The van der Waals surface area contributed by atoms with Crippen LogP contribution in [0.3, 0.4) is 0 Å². The summed E-state index contributed by atoms with van der Waals surface area (Å²) in [4.78, 5) is 17.2. The van der Waals surface area contributed by atoms with E-state index in [4.69, 9.17) is 44.6 Å². The number of rotatable bonds is 2. The Morgan fingerprint density at radius 1 is 1.07 bits per heavy atom. The van der Waals surface area contributed by atoms with Gasteiger partial charge < -0.3 is 9.79 Å². The number of benzene rings is 1. The Morgan fingerprint density at radius 3 is 2.07 bits per heavy atom. The zero-order valence-electron chi connectivity index (χ0n) is 6.54. The second-order valence-corrected chi connectivity index (χ2v) is 4.94. The third-order valence-corrected chi connectivity index (χ3v) is 2.84. The maximum atomic E-state index is 10.6. The van der Waals surface area contributed by atoms with Crippen molar-refractivity contribution in [3.05, 3.63) is 27.2 Å². The standard InChI is InChI=1S/C6H5Cl3NO3P/c7-3-1-5(9)6(2-4(3)8)10-14(11,12)13/h1-2H,(H3,10,11,12,13). The molecule has 0 heterocycles. The molecule has 0 aliphatic rings. The van der Waals surface area contributed by atoms with E-state index in [9.17, 15) is 4.57 Å². The van der Waals surface area contributed by atoms with Gasteiger partial charge in [-0.15, -0.1) is 0 Å². The van der Waals surface area contributed by atoms with Crippen LogP contribution in [0.4, 0.5) is 5.69 Å². The van der Waals surface area contributed by atoms with Crippen LogP contribution >= 0.6 is 42.5 Å². The average molecular weight is 276 g/mol. The van der Waals surface area contributed by atoms with E-state index in [2.05, 4.69) is 0 Å². The van der Waals surface area contributed by atoms with Crippen molar-refractivity contribution in [2.75, 3.05) is 5.09 Å². The lowest BCUT2D eigenvalue weighted by atomic mass is 10.3. The fraction of sp³-hybridized carbons (Fsp3) is 0. The summed E-state index contributed by atoms with van der Waals surface area (Å²) in [5, 5.41) is 2.37. The monoisotopic (exact) mass is 275 g/mol. The summed E-state index contributed by atoms with van der Waals surface area (Å²) < 4.78 is 10.6. The molecule has 0 saturated carbocycles. The van der Waals surface area contributed by atoms with Gasteiger partial charge in [0.05, 0.1) is 20.8 Å². The van der Waals surface area contributed by atoms with E-state index in [0.29, 0.717) is 0 Å².